The van der Waals surface area contributed by atoms with Gasteiger partial charge in [0, 0.05) is 0 Å². The zero-order valence-corrected chi connectivity index (χ0v) is 18.0. The number of H-pyrrole nitrogens is 1. The number of aliphatic hydroxyl groups excluding tert-OH is 2. The molecule has 10 heteroatoms. The third-order valence-corrected chi connectivity index (χ3v) is 10.4. The lowest BCUT2D eigenvalue weighted by Crippen LogP contribution is -2.50. The SMILES string of the molecule is CCCC(C)(C)[Si](C)(C)O[C@H]1[C@@H](O)[C@H](n2ncc3c(=O)[nH]cnc32)O[C@@H]1CO. The minimum Gasteiger partial charge on any atom is -0.408 e. The fraction of sp³-hybridized carbons (Fsp3) is 0.722. The van der Waals surface area contributed by atoms with Crippen LogP contribution in [0, 0.1) is 0 Å². The maximum absolute atomic E-state index is 11.9. The van der Waals surface area contributed by atoms with E-state index in [0.717, 1.165) is 12.8 Å². The Hall–Kier alpha value is -1.59. The number of ether oxygens (including phenoxy) is 1. The zero-order valence-electron chi connectivity index (χ0n) is 17.0. The van der Waals surface area contributed by atoms with Crippen LogP contribution in [0.25, 0.3) is 11.0 Å². The van der Waals surface area contributed by atoms with Crippen LogP contribution in [0.2, 0.25) is 18.1 Å². The van der Waals surface area contributed by atoms with E-state index in [4.69, 9.17) is 9.16 Å². The van der Waals surface area contributed by atoms with Crippen LogP contribution in [-0.4, -0.2) is 63.2 Å². The maximum Gasteiger partial charge on any atom is 0.261 e. The molecule has 0 bridgehead atoms. The van der Waals surface area contributed by atoms with E-state index >= 15 is 0 Å². The van der Waals surface area contributed by atoms with Gasteiger partial charge in [0.05, 0.1) is 19.1 Å². The van der Waals surface area contributed by atoms with Crippen molar-refractivity contribution in [2.75, 3.05) is 6.61 Å². The first kappa shape index (κ1) is 21.1. The lowest BCUT2D eigenvalue weighted by molar-refractivity contribution is -0.0563. The normalized spacial score (nSPS) is 26.2. The van der Waals surface area contributed by atoms with Crippen LogP contribution >= 0.6 is 0 Å². The number of hydrogen-bond acceptors (Lipinski definition) is 7. The van der Waals surface area contributed by atoms with Gasteiger partial charge in [-0.25, -0.2) is 9.67 Å². The number of fused-ring (bicyclic) bond motifs is 1. The summed E-state index contributed by atoms with van der Waals surface area (Å²) in [4.78, 5) is 18.6. The van der Waals surface area contributed by atoms with Gasteiger partial charge >= 0.3 is 0 Å². The molecule has 0 saturated carbocycles. The number of aliphatic hydroxyl groups is 2. The molecule has 0 unspecified atom stereocenters. The summed E-state index contributed by atoms with van der Waals surface area (Å²) in [5.74, 6) is 0. The van der Waals surface area contributed by atoms with E-state index in [9.17, 15) is 15.0 Å². The Balaban J connectivity index is 1.90. The molecular formula is C18H30N4O5Si. The predicted molar refractivity (Wildman–Crippen MR) is 106 cm³/mol. The van der Waals surface area contributed by atoms with Gasteiger partial charge in [0.15, 0.2) is 20.2 Å². The first-order valence-corrected chi connectivity index (χ1v) is 12.6. The van der Waals surface area contributed by atoms with Crippen molar-refractivity contribution in [3.05, 3.63) is 22.9 Å². The van der Waals surface area contributed by atoms with Crippen molar-refractivity contribution in [1.29, 1.82) is 0 Å². The van der Waals surface area contributed by atoms with Crippen molar-refractivity contribution in [3.63, 3.8) is 0 Å². The third kappa shape index (κ3) is 3.55. The first-order chi connectivity index (χ1) is 13.1. The van der Waals surface area contributed by atoms with Crippen LogP contribution in [0.1, 0.15) is 39.8 Å². The molecule has 9 nitrogen and oxygen atoms in total. The van der Waals surface area contributed by atoms with Crippen LogP contribution < -0.4 is 5.56 Å². The molecule has 2 aromatic rings. The molecule has 0 spiro atoms. The highest BCUT2D eigenvalue weighted by Gasteiger charge is 2.51. The van der Waals surface area contributed by atoms with Crippen molar-refractivity contribution in [2.24, 2.45) is 0 Å². The molecule has 1 aliphatic heterocycles. The van der Waals surface area contributed by atoms with Crippen LogP contribution in [0.3, 0.4) is 0 Å². The van der Waals surface area contributed by atoms with Crippen molar-refractivity contribution in [3.8, 4) is 0 Å². The van der Waals surface area contributed by atoms with Crippen molar-refractivity contribution < 1.29 is 19.4 Å². The summed E-state index contributed by atoms with van der Waals surface area (Å²) in [6.07, 6.45) is 1.41. The summed E-state index contributed by atoms with van der Waals surface area (Å²) in [5.41, 5.74) is -0.00180. The van der Waals surface area contributed by atoms with Gasteiger partial charge in [-0.2, -0.15) is 5.10 Å². The number of nitrogens with zero attached hydrogens (tertiary/aromatic N) is 3. The Kier molecular flexibility index (Phi) is 5.79. The molecule has 4 atom stereocenters. The van der Waals surface area contributed by atoms with Gasteiger partial charge in [-0.1, -0.05) is 27.2 Å². The number of aromatic nitrogens is 4. The topological polar surface area (TPSA) is 122 Å². The first-order valence-electron chi connectivity index (χ1n) is 9.66. The Labute approximate surface area is 164 Å². The second-order valence-corrected chi connectivity index (χ2v) is 13.1. The van der Waals surface area contributed by atoms with Gasteiger partial charge in [0.2, 0.25) is 0 Å². The van der Waals surface area contributed by atoms with E-state index in [-0.39, 0.29) is 17.2 Å². The number of nitrogens with one attached hydrogen (secondary N) is 1. The second kappa shape index (κ2) is 7.67. The highest BCUT2D eigenvalue weighted by atomic mass is 28.4. The largest absolute Gasteiger partial charge is 0.408 e. The minimum atomic E-state index is -2.25. The Morgan fingerprint density at radius 1 is 1.43 bits per heavy atom. The Morgan fingerprint density at radius 3 is 2.79 bits per heavy atom. The summed E-state index contributed by atoms with van der Waals surface area (Å²) in [5, 5.41) is 25.3. The second-order valence-electron chi connectivity index (χ2n) is 8.52. The maximum atomic E-state index is 11.9. The lowest BCUT2D eigenvalue weighted by atomic mass is 10.1. The molecule has 3 N–H and O–H groups in total. The van der Waals surface area contributed by atoms with Gasteiger partial charge in [-0.15, -0.1) is 0 Å². The van der Waals surface area contributed by atoms with Crippen molar-refractivity contribution in [2.45, 2.75) is 76.3 Å². The fourth-order valence-corrected chi connectivity index (χ4v) is 5.84. The van der Waals surface area contributed by atoms with Crippen LogP contribution in [0.15, 0.2) is 17.3 Å². The van der Waals surface area contributed by atoms with E-state index in [1.54, 1.807) is 0 Å². The monoisotopic (exact) mass is 410 g/mol. The molecule has 0 radical (unpaired) electrons. The van der Waals surface area contributed by atoms with Gasteiger partial charge in [-0.3, -0.25) is 4.79 Å². The summed E-state index contributed by atoms with van der Waals surface area (Å²) >= 11 is 0. The summed E-state index contributed by atoms with van der Waals surface area (Å²) in [7, 11) is -2.25. The van der Waals surface area contributed by atoms with E-state index in [0.29, 0.717) is 11.0 Å². The molecule has 1 aliphatic rings. The summed E-state index contributed by atoms with van der Waals surface area (Å²) < 4.78 is 13.7. The van der Waals surface area contributed by atoms with Crippen LogP contribution in [-0.2, 0) is 9.16 Å². The number of rotatable bonds is 7. The lowest BCUT2D eigenvalue weighted by Gasteiger charge is -2.42. The average molecular weight is 411 g/mol. The van der Waals surface area contributed by atoms with Gasteiger partial charge < -0.3 is 24.4 Å². The smallest absolute Gasteiger partial charge is 0.261 e. The minimum absolute atomic E-state index is 0.00713. The molecule has 0 aliphatic carbocycles. The molecular weight excluding hydrogens is 380 g/mol. The molecule has 1 fully saturated rings. The molecule has 156 valence electrons. The van der Waals surface area contributed by atoms with Crippen LogP contribution in [0.5, 0.6) is 0 Å². The molecule has 28 heavy (non-hydrogen) atoms. The van der Waals surface area contributed by atoms with E-state index < -0.39 is 32.9 Å². The molecule has 1 saturated heterocycles. The predicted octanol–water partition coefficient (Wildman–Crippen LogP) is 1.54. The quantitative estimate of drug-likeness (QED) is 0.592. The molecule has 3 rings (SSSR count). The summed E-state index contributed by atoms with van der Waals surface area (Å²) in [6.45, 7) is 10.5. The van der Waals surface area contributed by atoms with E-state index in [1.807, 2.05) is 0 Å². The molecule has 0 amide bonds. The van der Waals surface area contributed by atoms with Crippen molar-refractivity contribution >= 4 is 19.4 Å². The molecule has 0 aromatic carbocycles. The van der Waals surface area contributed by atoms with Crippen LogP contribution in [0.4, 0.5) is 0 Å². The number of hydrogen-bond donors (Lipinski definition) is 3. The summed E-state index contributed by atoms with van der Waals surface area (Å²) in [6, 6.07) is 0. The number of aromatic amines is 1. The van der Waals surface area contributed by atoms with Gasteiger partial charge in [0.1, 0.15) is 23.7 Å². The van der Waals surface area contributed by atoms with Crippen molar-refractivity contribution in [1.82, 2.24) is 19.7 Å². The standard InChI is InChI=1S/C18H30N4O5Si/c1-6-7-18(2,3)28(4,5)27-14-12(9-23)26-17(13(14)24)22-15-11(8-21-22)16(25)20-10-19-15/h8,10,12-14,17,23-24H,6-7,9H2,1-5H3,(H,19,20,25)/t12-,13-,14-,17-/m1/s1. The Morgan fingerprint density at radius 2 is 2.14 bits per heavy atom. The average Bonchev–Trinajstić information content (AvgIpc) is 3.17. The zero-order chi connectivity index (χ0) is 20.7. The highest BCUT2D eigenvalue weighted by Crippen LogP contribution is 2.44. The molecule has 2 aromatic heterocycles. The Bertz CT molecular complexity index is 880. The third-order valence-electron chi connectivity index (χ3n) is 6.06. The van der Waals surface area contributed by atoms with E-state index in [2.05, 4.69) is 48.9 Å². The highest BCUT2D eigenvalue weighted by molar-refractivity contribution is 6.74. The van der Waals surface area contributed by atoms with Gasteiger partial charge in [-0.05, 0) is 24.6 Å². The van der Waals surface area contributed by atoms with Gasteiger partial charge in [0.25, 0.3) is 5.56 Å². The van der Waals surface area contributed by atoms with E-state index in [1.165, 1.54) is 17.2 Å². The fourth-order valence-electron chi connectivity index (χ4n) is 3.70. The molecule has 3 heterocycles.